The Morgan fingerprint density at radius 2 is 2.15 bits per heavy atom. The molecule has 0 radical (unpaired) electrons. The molecule has 6 atom stereocenters. The first-order valence-corrected chi connectivity index (χ1v) is 8.16. The predicted octanol–water partition coefficient (Wildman–Crippen LogP) is 1.94. The Kier molecular flexibility index (Phi) is 2.44. The fourth-order valence-corrected chi connectivity index (χ4v) is 5.38. The minimum Gasteiger partial charge on any atom is -0.456 e. The van der Waals surface area contributed by atoms with Crippen LogP contribution in [0.3, 0.4) is 0 Å². The number of aliphatic hydroxyl groups is 1. The Labute approximate surface area is 126 Å². The van der Waals surface area contributed by atoms with Crippen molar-refractivity contribution >= 4 is 21.9 Å². The lowest BCUT2D eigenvalue weighted by Gasteiger charge is -2.55. The Bertz CT molecular complexity index is 514. The summed E-state index contributed by atoms with van der Waals surface area (Å²) in [5, 5.41) is 11.1. The lowest BCUT2D eigenvalue weighted by Crippen LogP contribution is -2.62. The summed E-state index contributed by atoms with van der Waals surface area (Å²) in [6.45, 7) is 6.70. The molecule has 2 saturated carbocycles. The van der Waals surface area contributed by atoms with Crippen molar-refractivity contribution in [1.82, 2.24) is 0 Å². The molecular weight excluding hydrogens is 324 g/mol. The average molecular weight is 343 g/mol. The molecule has 0 amide bonds. The van der Waals surface area contributed by atoms with Crippen LogP contribution in [0.15, 0.2) is 12.2 Å². The smallest absolute Gasteiger partial charge is 0.344 e. The molecule has 0 aromatic carbocycles. The van der Waals surface area contributed by atoms with Crippen LogP contribution in [-0.4, -0.2) is 39.8 Å². The Morgan fingerprint density at radius 1 is 1.45 bits per heavy atom. The van der Waals surface area contributed by atoms with Crippen molar-refractivity contribution in [3.05, 3.63) is 12.2 Å². The number of rotatable bonds is 0. The summed E-state index contributed by atoms with van der Waals surface area (Å²) in [5.74, 6) is -0.384. The van der Waals surface area contributed by atoms with Gasteiger partial charge in [0.2, 0.25) is 5.60 Å². The summed E-state index contributed by atoms with van der Waals surface area (Å²) in [7, 11) is 0. The molecule has 0 aromatic rings. The van der Waals surface area contributed by atoms with E-state index in [2.05, 4.69) is 29.4 Å². The number of halogens is 1. The molecule has 0 bridgehead atoms. The zero-order chi connectivity index (χ0) is 14.3. The third-order valence-corrected chi connectivity index (χ3v) is 7.60. The first-order valence-electron chi connectivity index (χ1n) is 7.24. The molecule has 1 unspecified atom stereocenters. The van der Waals surface area contributed by atoms with E-state index in [9.17, 15) is 9.90 Å². The molecule has 20 heavy (non-hydrogen) atoms. The molecule has 4 rings (SSSR count). The van der Waals surface area contributed by atoms with Crippen LogP contribution in [0.25, 0.3) is 0 Å². The van der Waals surface area contributed by atoms with Gasteiger partial charge in [0.05, 0.1) is 6.61 Å². The fourth-order valence-electron chi connectivity index (χ4n) is 4.63. The highest BCUT2D eigenvalue weighted by atomic mass is 79.9. The minimum atomic E-state index is -1.18. The number of fused-ring (bicyclic) bond motifs is 4. The molecule has 4 fully saturated rings. The van der Waals surface area contributed by atoms with E-state index in [1.54, 1.807) is 0 Å². The standard InChI is InChI=1S/C15H19BrO4/c1-8-3-4-9(16)13(2)5-6-14(18)11(10(8)13)20-12(17)15(14)7-19-15/h9-11,18H,1,3-7H2,2H3/t9-,10?,11-,13+,14-,15-/m1/s1. The maximum Gasteiger partial charge on any atom is 0.344 e. The second-order valence-electron chi connectivity index (χ2n) is 7.01. The largest absolute Gasteiger partial charge is 0.456 e. The van der Waals surface area contributed by atoms with Crippen LogP contribution in [0.2, 0.25) is 0 Å². The van der Waals surface area contributed by atoms with Gasteiger partial charge in [0.15, 0.2) is 0 Å². The molecule has 2 aliphatic heterocycles. The quantitative estimate of drug-likeness (QED) is 0.316. The number of esters is 1. The molecule has 1 spiro atoms. The third kappa shape index (κ3) is 1.28. The zero-order valence-electron chi connectivity index (χ0n) is 11.5. The summed E-state index contributed by atoms with van der Waals surface area (Å²) in [5.41, 5.74) is -1.19. The van der Waals surface area contributed by atoms with Gasteiger partial charge in [0.25, 0.3) is 0 Å². The van der Waals surface area contributed by atoms with Gasteiger partial charge < -0.3 is 14.6 Å². The fraction of sp³-hybridized carbons (Fsp3) is 0.800. The number of carbonyl (C=O) groups is 1. The van der Waals surface area contributed by atoms with Gasteiger partial charge in [-0.05, 0) is 31.1 Å². The number of carbonyl (C=O) groups excluding carboxylic acids is 1. The van der Waals surface area contributed by atoms with Crippen LogP contribution in [0.4, 0.5) is 0 Å². The summed E-state index contributed by atoms with van der Waals surface area (Å²) >= 11 is 3.79. The summed E-state index contributed by atoms with van der Waals surface area (Å²) < 4.78 is 11.0. The topological polar surface area (TPSA) is 59.1 Å². The van der Waals surface area contributed by atoms with Crippen molar-refractivity contribution < 1.29 is 19.4 Å². The van der Waals surface area contributed by atoms with Gasteiger partial charge in [-0.2, -0.15) is 0 Å². The van der Waals surface area contributed by atoms with Crippen molar-refractivity contribution in [2.24, 2.45) is 11.3 Å². The highest BCUT2D eigenvalue weighted by molar-refractivity contribution is 9.09. The van der Waals surface area contributed by atoms with Crippen LogP contribution < -0.4 is 0 Å². The van der Waals surface area contributed by atoms with Crippen molar-refractivity contribution in [2.75, 3.05) is 6.61 Å². The van der Waals surface area contributed by atoms with E-state index in [0.29, 0.717) is 11.2 Å². The van der Waals surface area contributed by atoms with Crippen LogP contribution in [-0.2, 0) is 14.3 Å². The Morgan fingerprint density at radius 3 is 2.80 bits per heavy atom. The second-order valence-corrected chi connectivity index (χ2v) is 8.12. The van der Waals surface area contributed by atoms with Crippen LogP contribution in [0.1, 0.15) is 32.6 Å². The predicted molar refractivity (Wildman–Crippen MR) is 75.4 cm³/mol. The van der Waals surface area contributed by atoms with Crippen molar-refractivity contribution in [2.45, 2.75) is 54.7 Å². The summed E-state index contributed by atoms with van der Waals surface area (Å²) in [6, 6.07) is 0. The first kappa shape index (κ1) is 13.3. The highest BCUT2D eigenvalue weighted by Crippen LogP contribution is 2.63. The van der Waals surface area contributed by atoms with E-state index in [-0.39, 0.29) is 17.9 Å². The number of ether oxygens (including phenoxy) is 2. The van der Waals surface area contributed by atoms with Gasteiger partial charge >= 0.3 is 5.97 Å². The van der Waals surface area contributed by atoms with Gasteiger partial charge in [0.1, 0.15) is 11.7 Å². The van der Waals surface area contributed by atoms with Crippen molar-refractivity contribution in [3.63, 3.8) is 0 Å². The normalized spacial score (nSPS) is 57.2. The monoisotopic (exact) mass is 342 g/mol. The second kappa shape index (κ2) is 3.68. The van der Waals surface area contributed by atoms with Gasteiger partial charge in [-0.15, -0.1) is 0 Å². The van der Waals surface area contributed by atoms with Gasteiger partial charge in [0, 0.05) is 10.7 Å². The molecule has 4 aliphatic rings. The van der Waals surface area contributed by atoms with E-state index >= 15 is 0 Å². The Hall–Kier alpha value is -0.390. The van der Waals surface area contributed by atoms with Gasteiger partial charge in [-0.3, -0.25) is 0 Å². The molecular formula is C15H19BrO4. The van der Waals surface area contributed by atoms with E-state index in [1.165, 1.54) is 0 Å². The Balaban J connectivity index is 1.80. The van der Waals surface area contributed by atoms with Gasteiger partial charge in [-0.25, -0.2) is 4.79 Å². The summed E-state index contributed by atoms with van der Waals surface area (Å²) in [4.78, 5) is 12.5. The van der Waals surface area contributed by atoms with E-state index in [1.807, 2.05) is 0 Å². The van der Waals surface area contributed by atoms with Crippen LogP contribution >= 0.6 is 15.9 Å². The lowest BCUT2D eigenvalue weighted by molar-refractivity contribution is -0.156. The molecule has 1 N–H and O–H groups in total. The third-order valence-electron chi connectivity index (χ3n) is 6.10. The molecule has 5 heteroatoms. The lowest BCUT2D eigenvalue weighted by atomic mass is 9.53. The number of epoxide rings is 1. The van der Waals surface area contributed by atoms with Crippen LogP contribution in [0.5, 0.6) is 0 Å². The SMILES string of the molecule is C=C1CC[C@@H](Br)[C@]2(C)CC[C@@]3(O)[C@H](OC(=O)[C@]34CO4)C12. The maximum absolute atomic E-state index is 12.1. The zero-order valence-corrected chi connectivity index (χ0v) is 13.1. The van der Waals surface area contributed by atoms with Gasteiger partial charge in [-0.1, -0.05) is 35.0 Å². The number of alkyl halides is 1. The number of hydrogen-bond donors (Lipinski definition) is 1. The molecule has 0 aromatic heterocycles. The van der Waals surface area contributed by atoms with E-state index in [0.717, 1.165) is 24.8 Å². The van der Waals surface area contributed by atoms with Crippen molar-refractivity contribution in [1.29, 1.82) is 0 Å². The van der Waals surface area contributed by atoms with E-state index in [4.69, 9.17) is 9.47 Å². The molecule has 2 aliphatic carbocycles. The molecule has 2 heterocycles. The highest BCUT2D eigenvalue weighted by Gasteiger charge is 2.79. The summed E-state index contributed by atoms with van der Waals surface area (Å²) in [6.07, 6.45) is 2.84. The average Bonchev–Trinajstić information content (AvgIpc) is 3.17. The van der Waals surface area contributed by atoms with E-state index < -0.39 is 23.3 Å². The molecule has 4 nitrogen and oxygen atoms in total. The first-order chi connectivity index (χ1) is 9.35. The minimum absolute atomic E-state index is 0.00639. The van der Waals surface area contributed by atoms with Crippen LogP contribution in [0, 0.1) is 11.3 Å². The number of hydrogen-bond acceptors (Lipinski definition) is 4. The molecule has 2 saturated heterocycles. The maximum atomic E-state index is 12.1. The van der Waals surface area contributed by atoms with Crippen molar-refractivity contribution in [3.8, 4) is 0 Å². The molecule has 110 valence electrons.